The molecule has 0 amide bonds. The number of halogens is 6. The Bertz CT molecular complexity index is 457. The summed E-state index contributed by atoms with van der Waals surface area (Å²) in [5, 5.41) is 1.95. The van der Waals surface area contributed by atoms with E-state index in [0.717, 1.165) is 0 Å². The van der Waals surface area contributed by atoms with Crippen molar-refractivity contribution < 1.29 is 31.1 Å². The van der Waals surface area contributed by atoms with E-state index in [4.69, 9.17) is 0 Å². The Hall–Kier alpha value is -1.54. The molecule has 3 nitrogen and oxygen atoms in total. The summed E-state index contributed by atoms with van der Waals surface area (Å²) in [6.07, 6.45) is -9.86. The minimum atomic E-state index is -5.39. The zero-order chi connectivity index (χ0) is 15.8. The van der Waals surface area contributed by atoms with Gasteiger partial charge in [-0.15, -0.1) is 0 Å². The van der Waals surface area contributed by atoms with E-state index in [0.29, 0.717) is 6.21 Å². The number of rotatable bonds is 3. The monoisotopic (exact) mass is 302 g/mol. The molecule has 0 unspecified atom stereocenters. The number of Topliss-reactive ketones (excluding diaryl/α,β-unsaturated/α-hetero) is 1. The zero-order valence-corrected chi connectivity index (χ0v) is 10.6. The molecule has 0 aromatic heterocycles. The number of allylic oxidation sites excluding steroid dienone is 2. The SMILES string of the molecule is CCC1(CC)N=CC(C(=O)C(F)(F)F)=C(C(F)(F)F)N1. The van der Waals surface area contributed by atoms with Gasteiger partial charge < -0.3 is 5.32 Å². The summed E-state index contributed by atoms with van der Waals surface area (Å²) in [6, 6.07) is 0. The van der Waals surface area contributed by atoms with Crippen LogP contribution in [-0.4, -0.2) is 30.0 Å². The average molecular weight is 302 g/mol. The first-order valence-corrected chi connectivity index (χ1v) is 5.73. The molecule has 1 heterocycles. The van der Waals surface area contributed by atoms with Gasteiger partial charge in [0, 0.05) is 6.21 Å². The van der Waals surface area contributed by atoms with Crippen molar-refractivity contribution in [2.45, 2.75) is 44.7 Å². The van der Waals surface area contributed by atoms with E-state index in [1.807, 2.05) is 5.32 Å². The third kappa shape index (κ3) is 3.13. The fourth-order valence-electron chi connectivity index (χ4n) is 1.74. The molecule has 9 heteroatoms. The number of carbonyl (C=O) groups is 1. The number of nitrogens with zero attached hydrogens (tertiary/aromatic N) is 1. The van der Waals surface area contributed by atoms with Crippen molar-refractivity contribution in [2.24, 2.45) is 4.99 Å². The zero-order valence-electron chi connectivity index (χ0n) is 10.6. The second-order valence-corrected chi connectivity index (χ2v) is 4.24. The summed E-state index contributed by atoms with van der Waals surface area (Å²) in [7, 11) is 0. The Morgan fingerprint density at radius 3 is 2.05 bits per heavy atom. The van der Waals surface area contributed by atoms with Crippen LogP contribution in [0.15, 0.2) is 16.3 Å². The lowest BCUT2D eigenvalue weighted by molar-refractivity contribution is -0.166. The van der Waals surface area contributed by atoms with Gasteiger partial charge in [0.15, 0.2) is 0 Å². The van der Waals surface area contributed by atoms with Crippen molar-refractivity contribution in [1.29, 1.82) is 0 Å². The van der Waals surface area contributed by atoms with E-state index in [1.54, 1.807) is 13.8 Å². The highest BCUT2D eigenvalue weighted by Crippen LogP contribution is 2.35. The van der Waals surface area contributed by atoms with Crippen LogP contribution in [0.3, 0.4) is 0 Å². The molecule has 1 rings (SSSR count). The molecule has 0 saturated heterocycles. The molecule has 0 radical (unpaired) electrons. The Morgan fingerprint density at radius 1 is 1.20 bits per heavy atom. The summed E-state index contributed by atoms with van der Waals surface area (Å²) in [6.45, 7) is 3.08. The van der Waals surface area contributed by atoms with E-state index in [9.17, 15) is 31.1 Å². The van der Waals surface area contributed by atoms with Gasteiger partial charge in [-0.2, -0.15) is 26.3 Å². The maximum absolute atomic E-state index is 12.9. The molecule has 1 aliphatic rings. The molecular formula is C11H12F6N2O. The lowest BCUT2D eigenvalue weighted by Gasteiger charge is -2.35. The maximum atomic E-state index is 12.9. The fraction of sp³-hybridized carbons (Fsp3) is 0.636. The Kier molecular flexibility index (Phi) is 4.21. The summed E-state index contributed by atoms with van der Waals surface area (Å²) >= 11 is 0. The van der Waals surface area contributed by atoms with E-state index in [1.165, 1.54) is 0 Å². The number of aliphatic imine (C=N–C) groups is 1. The predicted octanol–water partition coefficient (Wildman–Crippen LogP) is 3.12. The summed E-state index contributed by atoms with van der Waals surface area (Å²) in [4.78, 5) is 14.7. The third-order valence-electron chi connectivity index (χ3n) is 3.02. The Balaban J connectivity index is 3.35. The molecule has 114 valence electrons. The molecule has 0 bridgehead atoms. The van der Waals surface area contributed by atoms with Crippen LogP contribution >= 0.6 is 0 Å². The number of nitrogens with one attached hydrogen (secondary N) is 1. The van der Waals surface area contributed by atoms with Gasteiger partial charge in [-0.25, -0.2) is 0 Å². The molecule has 1 N–H and O–H groups in total. The first-order chi connectivity index (χ1) is 8.97. The molecule has 0 fully saturated rings. The van der Waals surface area contributed by atoms with Gasteiger partial charge in [0.25, 0.3) is 5.78 Å². The van der Waals surface area contributed by atoms with E-state index in [2.05, 4.69) is 4.99 Å². The number of alkyl halides is 6. The molecule has 0 spiro atoms. The predicted molar refractivity (Wildman–Crippen MR) is 59.1 cm³/mol. The number of ketones is 1. The topological polar surface area (TPSA) is 41.5 Å². The molecule has 0 aromatic carbocycles. The molecular weight excluding hydrogens is 290 g/mol. The number of hydrogen-bond donors (Lipinski definition) is 1. The van der Waals surface area contributed by atoms with E-state index in [-0.39, 0.29) is 12.8 Å². The van der Waals surface area contributed by atoms with Gasteiger partial charge in [0.1, 0.15) is 11.4 Å². The van der Waals surface area contributed by atoms with Crippen LogP contribution in [-0.2, 0) is 4.79 Å². The van der Waals surface area contributed by atoms with Crippen LogP contribution in [0.5, 0.6) is 0 Å². The minimum absolute atomic E-state index is 0.132. The lowest BCUT2D eigenvalue weighted by Crippen LogP contribution is -2.49. The molecule has 20 heavy (non-hydrogen) atoms. The highest BCUT2D eigenvalue weighted by Gasteiger charge is 2.49. The van der Waals surface area contributed by atoms with Gasteiger partial charge in [0.2, 0.25) is 0 Å². The maximum Gasteiger partial charge on any atom is 0.455 e. The number of carbonyl (C=O) groups excluding carboxylic acids is 1. The highest BCUT2D eigenvalue weighted by molar-refractivity contribution is 6.16. The van der Waals surface area contributed by atoms with Gasteiger partial charge in [-0.05, 0) is 12.8 Å². The minimum Gasteiger partial charge on any atom is -0.357 e. The molecule has 0 aliphatic carbocycles. The van der Waals surface area contributed by atoms with E-state index < -0.39 is 35.1 Å². The first kappa shape index (κ1) is 16.5. The quantitative estimate of drug-likeness (QED) is 0.814. The summed E-state index contributed by atoms with van der Waals surface area (Å²) in [5.74, 6) is -2.57. The van der Waals surface area contributed by atoms with E-state index >= 15 is 0 Å². The fourth-order valence-corrected chi connectivity index (χ4v) is 1.74. The van der Waals surface area contributed by atoms with Crippen LogP contribution in [0.1, 0.15) is 26.7 Å². The van der Waals surface area contributed by atoms with Gasteiger partial charge >= 0.3 is 12.4 Å². The largest absolute Gasteiger partial charge is 0.455 e. The van der Waals surface area contributed by atoms with Crippen molar-refractivity contribution in [3.8, 4) is 0 Å². The molecule has 0 aromatic rings. The Morgan fingerprint density at radius 2 is 1.70 bits per heavy atom. The third-order valence-corrected chi connectivity index (χ3v) is 3.02. The second kappa shape index (κ2) is 5.10. The Labute approximate surface area is 110 Å². The van der Waals surface area contributed by atoms with Crippen LogP contribution in [0.25, 0.3) is 0 Å². The van der Waals surface area contributed by atoms with Gasteiger partial charge in [0.05, 0.1) is 5.57 Å². The van der Waals surface area contributed by atoms with Crippen LogP contribution in [0.4, 0.5) is 26.3 Å². The average Bonchev–Trinajstić information content (AvgIpc) is 2.35. The van der Waals surface area contributed by atoms with Gasteiger partial charge in [-0.1, -0.05) is 13.8 Å². The molecule has 1 aliphatic heterocycles. The highest BCUT2D eigenvalue weighted by atomic mass is 19.4. The summed E-state index contributed by atoms with van der Waals surface area (Å²) in [5.41, 5.74) is -4.55. The molecule has 0 atom stereocenters. The lowest BCUT2D eigenvalue weighted by atomic mass is 9.98. The van der Waals surface area contributed by atoms with Crippen LogP contribution in [0.2, 0.25) is 0 Å². The van der Waals surface area contributed by atoms with Crippen LogP contribution in [0, 0.1) is 0 Å². The number of hydrogen-bond acceptors (Lipinski definition) is 3. The standard InChI is InChI=1S/C11H12F6N2O/c1-3-9(4-2)18-5-6(8(20)11(15,16)17)7(19-9)10(12,13)14/h5,19H,3-4H2,1-2H3. The normalized spacial score (nSPS) is 19.0. The second-order valence-electron chi connectivity index (χ2n) is 4.24. The molecule has 0 saturated carbocycles. The van der Waals surface area contributed by atoms with Crippen molar-refractivity contribution in [2.75, 3.05) is 0 Å². The van der Waals surface area contributed by atoms with Crippen molar-refractivity contribution in [3.63, 3.8) is 0 Å². The smallest absolute Gasteiger partial charge is 0.357 e. The van der Waals surface area contributed by atoms with Gasteiger partial charge in [-0.3, -0.25) is 9.79 Å². The van der Waals surface area contributed by atoms with Crippen LogP contribution < -0.4 is 5.32 Å². The summed E-state index contributed by atoms with van der Waals surface area (Å²) < 4.78 is 75.5. The first-order valence-electron chi connectivity index (χ1n) is 5.73. The van der Waals surface area contributed by atoms with Crippen molar-refractivity contribution in [3.05, 3.63) is 11.3 Å². The van der Waals surface area contributed by atoms with Crippen molar-refractivity contribution >= 4 is 12.0 Å². The van der Waals surface area contributed by atoms with Crippen molar-refractivity contribution in [1.82, 2.24) is 5.32 Å².